The van der Waals surface area contributed by atoms with Crippen LogP contribution in [0, 0.1) is 0 Å². The third-order valence-electron chi connectivity index (χ3n) is 3.15. The maximum Gasteiger partial charge on any atom is 0.212 e. The molecule has 0 saturated carbocycles. The van der Waals surface area contributed by atoms with Gasteiger partial charge in [0.05, 0.1) is 6.21 Å². The zero-order valence-electron chi connectivity index (χ0n) is 12.4. The van der Waals surface area contributed by atoms with Crippen LogP contribution in [0.4, 0.5) is 0 Å². The van der Waals surface area contributed by atoms with Crippen LogP contribution in [0.25, 0.3) is 0 Å². The van der Waals surface area contributed by atoms with Crippen molar-refractivity contribution in [3.8, 4) is 11.5 Å². The highest BCUT2D eigenvalue weighted by Crippen LogP contribution is 2.27. The van der Waals surface area contributed by atoms with E-state index in [1.165, 1.54) is 35.0 Å². The minimum absolute atomic E-state index is 0.194. The normalized spacial score (nSPS) is 11.2. The number of benzene rings is 2. The van der Waals surface area contributed by atoms with Crippen LogP contribution in [0.1, 0.15) is 11.1 Å². The largest absolute Gasteiger partial charge is 0.504 e. The molecule has 1 aromatic heterocycles. The van der Waals surface area contributed by atoms with E-state index in [1.54, 1.807) is 12.1 Å². The molecule has 8 heteroatoms. The number of phenols is 2. The molecule has 2 N–H and O–H groups in total. The number of rotatable bonds is 5. The SMILES string of the molecule is Oc1cccc(/C=N/n2cnnc2SCc2ccc(Cl)cc2)c1O. The van der Waals surface area contributed by atoms with Gasteiger partial charge in [-0.3, -0.25) is 0 Å². The van der Waals surface area contributed by atoms with Gasteiger partial charge in [-0.05, 0) is 29.8 Å². The van der Waals surface area contributed by atoms with Crippen molar-refractivity contribution in [1.82, 2.24) is 14.9 Å². The topological polar surface area (TPSA) is 83.5 Å². The molecule has 3 aromatic rings. The summed E-state index contributed by atoms with van der Waals surface area (Å²) in [6.45, 7) is 0. The standard InChI is InChI=1S/C16H13ClN4O2S/c17-13-6-4-11(5-7-13)9-24-16-20-18-10-21(16)19-8-12-2-1-3-14(22)15(12)23/h1-8,10,22-23H,9H2/b19-8+. The summed E-state index contributed by atoms with van der Waals surface area (Å²) in [5, 5.41) is 32.7. The Balaban J connectivity index is 1.72. The summed E-state index contributed by atoms with van der Waals surface area (Å²) in [5.41, 5.74) is 1.51. The van der Waals surface area contributed by atoms with Crippen molar-refractivity contribution in [3.05, 3.63) is 64.9 Å². The third-order valence-corrected chi connectivity index (χ3v) is 4.41. The summed E-state index contributed by atoms with van der Waals surface area (Å²) in [6.07, 6.45) is 2.91. The van der Waals surface area contributed by atoms with Crippen molar-refractivity contribution in [3.63, 3.8) is 0 Å². The van der Waals surface area contributed by atoms with E-state index >= 15 is 0 Å². The summed E-state index contributed by atoms with van der Waals surface area (Å²) in [7, 11) is 0. The highest BCUT2D eigenvalue weighted by Gasteiger charge is 2.06. The Labute approximate surface area is 147 Å². The van der Waals surface area contributed by atoms with E-state index in [1.807, 2.05) is 24.3 Å². The second-order valence-electron chi connectivity index (χ2n) is 4.83. The number of thioether (sulfide) groups is 1. The van der Waals surface area contributed by atoms with Gasteiger partial charge in [-0.15, -0.1) is 10.2 Å². The lowest BCUT2D eigenvalue weighted by Crippen LogP contribution is -1.93. The molecule has 0 aliphatic rings. The monoisotopic (exact) mass is 360 g/mol. The molecular weight excluding hydrogens is 348 g/mol. The fourth-order valence-corrected chi connectivity index (χ4v) is 2.84. The van der Waals surface area contributed by atoms with Crippen LogP contribution in [-0.2, 0) is 5.75 Å². The Morgan fingerprint density at radius 2 is 1.96 bits per heavy atom. The van der Waals surface area contributed by atoms with Crippen molar-refractivity contribution >= 4 is 29.6 Å². The highest BCUT2D eigenvalue weighted by molar-refractivity contribution is 7.98. The minimum Gasteiger partial charge on any atom is -0.504 e. The predicted octanol–water partition coefficient (Wildman–Crippen LogP) is 3.52. The van der Waals surface area contributed by atoms with Gasteiger partial charge < -0.3 is 10.2 Å². The van der Waals surface area contributed by atoms with Crippen LogP contribution in [0.2, 0.25) is 5.02 Å². The molecule has 0 spiro atoms. The number of phenolic OH excluding ortho intramolecular Hbond substituents is 2. The first-order chi connectivity index (χ1) is 11.6. The van der Waals surface area contributed by atoms with Gasteiger partial charge in [0, 0.05) is 16.3 Å². The molecule has 0 amide bonds. The Morgan fingerprint density at radius 3 is 2.75 bits per heavy atom. The Morgan fingerprint density at radius 1 is 1.17 bits per heavy atom. The van der Waals surface area contributed by atoms with E-state index in [4.69, 9.17) is 11.6 Å². The molecule has 0 aliphatic heterocycles. The molecule has 0 radical (unpaired) electrons. The summed E-state index contributed by atoms with van der Waals surface area (Å²) in [5.74, 6) is 0.285. The predicted molar refractivity (Wildman–Crippen MR) is 93.8 cm³/mol. The van der Waals surface area contributed by atoms with E-state index in [0.717, 1.165) is 5.56 Å². The number of hydrogen-bond acceptors (Lipinski definition) is 6. The molecule has 3 rings (SSSR count). The van der Waals surface area contributed by atoms with E-state index in [0.29, 0.717) is 21.5 Å². The maximum atomic E-state index is 9.77. The smallest absolute Gasteiger partial charge is 0.212 e. The van der Waals surface area contributed by atoms with Gasteiger partial charge in [0.15, 0.2) is 11.5 Å². The van der Waals surface area contributed by atoms with Crippen molar-refractivity contribution < 1.29 is 10.2 Å². The molecule has 0 saturated heterocycles. The average molecular weight is 361 g/mol. The average Bonchev–Trinajstić information content (AvgIpc) is 3.03. The molecule has 0 aliphatic carbocycles. The van der Waals surface area contributed by atoms with E-state index in [9.17, 15) is 10.2 Å². The quantitative estimate of drug-likeness (QED) is 0.413. The first-order valence-corrected chi connectivity index (χ1v) is 8.32. The van der Waals surface area contributed by atoms with E-state index in [2.05, 4.69) is 15.3 Å². The summed E-state index contributed by atoms with van der Waals surface area (Å²) in [4.78, 5) is 0. The Hall–Kier alpha value is -2.51. The first kappa shape index (κ1) is 16.4. The fraction of sp³-hybridized carbons (Fsp3) is 0.0625. The Kier molecular flexibility index (Phi) is 5.02. The van der Waals surface area contributed by atoms with Crippen LogP contribution < -0.4 is 0 Å². The van der Waals surface area contributed by atoms with Crippen molar-refractivity contribution in [1.29, 1.82) is 0 Å². The summed E-state index contributed by atoms with van der Waals surface area (Å²) in [6, 6.07) is 12.2. The van der Waals surface area contributed by atoms with Crippen molar-refractivity contribution in [2.24, 2.45) is 5.10 Å². The molecule has 0 bridgehead atoms. The number of halogens is 1. The van der Waals surface area contributed by atoms with Crippen LogP contribution >= 0.6 is 23.4 Å². The third kappa shape index (κ3) is 3.87. The van der Waals surface area contributed by atoms with Crippen molar-refractivity contribution in [2.75, 3.05) is 0 Å². The summed E-state index contributed by atoms with van der Waals surface area (Å²) >= 11 is 7.35. The van der Waals surface area contributed by atoms with Crippen LogP contribution in [0.15, 0.2) is 59.0 Å². The van der Waals surface area contributed by atoms with Gasteiger partial charge in [0.25, 0.3) is 0 Å². The maximum absolute atomic E-state index is 9.77. The van der Waals surface area contributed by atoms with E-state index in [-0.39, 0.29) is 11.5 Å². The molecule has 2 aromatic carbocycles. The molecule has 6 nitrogen and oxygen atoms in total. The zero-order valence-corrected chi connectivity index (χ0v) is 13.9. The van der Waals surface area contributed by atoms with Gasteiger partial charge in [-0.1, -0.05) is 41.6 Å². The highest BCUT2D eigenvalue weighted by atomic mass is 35.5. The lowest BCUT2D eigenvalue weighted by atomic mass is 10.2. The number of hydrogen-bond donors (Lipinski definition) is 2. The lowest BCUT2D eigenvalue weighted by molar-refractivity contribution is 0.403. The van der Waals surface area contributed by atoms with Crippen LogP contribution in [0.5, 0.6) is 11.5 Å². The van der Waals surface area contributed by atoms with Gasteiger partial charge in [0.2, 0.25) is 5.16 Å². The number of aromatic nitrogens is 3. The molecule has 24 heavy (non-hydrogen) atoms. The molecule has 1 heterocycles. The minimum atomic E-state index is -0.218. The molecular formula is C16H13ClN4O2S. The first-order valence-electron chi connectivity index (χ1n) is 6.96. The fourth-order valence-electron chi connectivity index (χ4n) is 1.90. The van der Waals surface area contributed by atoms with E-state index < -0.39 is 0 Å². The molecule has 122 valence electrons. The Bertz CT molecular complexity index is 865. The molecule has 0 fully saturated rings. The summed E-state index contributed by atoms with van der Waals surface area (Å²) < 4.78 is 1.50. The number of para-hydroxylation sites is 1. The van der Waals surface area contributed by atoms with Gasteiger partial charge in [0.1, 0.15) is 6.33 Å². The van der Waals surface area contributed by atoms with Crippen molar-refractivity contribution in [2.45, 2.75) is 10.9 Å². The number of aromatic hydroxyl groups is 2. The molecule has 0 atom stereocenters. The lowest BCUT2D eigenvalue weighted by Gasteiger charge is -2.03. The number of nitrogens with zero attached hydrogens (tertiary/aromatic N) is 4. The van der Waals surface area contributed by atoms with Gasteiger partial charge in [-0.2, -0.15) is 9.78 Å². The van der Waals surface area contributed by atoms with Crippen LogP contribution in [-0.4, -0.2) is 31.3 Å². The van der Waals surface area contributed by atoms with Gasteiger partial charge >= 0.3 is 0 Å². The zero-order chi connectivity index (χ0) is 16.9. The second-order valence-corrected chi connectivity index (χ2v) is 6.21. The second kappa shape index (κ2) is 7.37. The molecule has 0 unspecified atom stereocenters. The van der Waals surface area contributed by atoms with Crippen LogP contribution in [0.3, 0.4) is 0 Å². The van der Waals surface area contributed by atoms with Gasteiger partial charge in [-0.25, -0.2) is 0 Å².